The number of nitrogens with zero attached hydrogens (tertiary/aromatic N) is 2. The van der Waals surface area contributed by atoms with Crippen molar-refractivity contribution in [1.82, 2.24) is 4.57 Å². The quantitative estimate of drug-likeness (QED) is 0.163. The number of methoxy groups -OCH3 is 1. The van der Waals surface area contributed by atoms with E-state index in [2.05, 4.69) is 0 Å². The van der Waals surface area contributed by atoms with Gasteiger partial charge in [0.2, 0.25) is 0 Å². The van der Waals surface area contributed by atoms with Crippen molar-refractivity contribution in [1.29, 1.82) is 0 Å². The van der Waals surface area contributed by atoms with Crippen LogP contribution in [0, 0.1) is 0 Å². The average Bonchev–Trinajstić information content (AvgIpc) is 3.45. The van der Waals surface area contributed by atoms with Crippen molar-refractivity contribution in [3.05, 3.63) is 169 Å². The van der Waals surface area contributed by atoms with Crippen LogP contribution < -0.4 is 24.4 Å². The minimum absolute atomic E-state index is 0.178. The third-order valence-corrected chi connectivity index (χ3v) is 9.23. The Morgan fingerprint density at radius 1 is 0.875 bits per heavy atom. The Kier molecular flexibility index (Phi) is 8.72. The number of thiazole rings is 1. The number of fused-ring (bicyclic) bond motifs is 2. The van der Waals surface area contributed by atoms with Crippen molar-refractivity contribution in [2.24, 2.45) is 4.99 Å². The maximum absolute atomic E-state index is 14.6. The summed E-state index contributed by atoms with van der Waals surface area (Å²) in [6.45, 7) is 2.32. The molecule has 0 saturated heterocycles. The molecule has 0 spiro atoms. The molecule has 0 amide bonds. The van der Waals surface area contributed by atoms with E-state index in [1.165, 1.54) is 11.3 Å². The van der Waals surface area contributed by atoms with Crippen LogP contribution >= 0.6 is 11.3 Å². The van der Waals surface area contributed by atoms with E-state index < -0.39 is 12.0 Å². The Bertz CT molecular complexity index is 2330. The van der Waals surface area contributed by atoms with Gasteiger partial charge in [0.15, 0.2) is 4.80 Å². The van der Waals surface area contributed by atoms with Crippen molar-refractivity contribution in [3.63, 3.8) is 0 Å². The van der Waals surface area contributed by atoms with Crippen LogP contribution in [0.4, 0.5) is 0 Å². The summed E-state index contributed by atoms with van der Waals surface area (Å²) < 4.78 is 19.4. The number of hydrogen-bond donors (Lipinski definition) is 0. The molecule has 5 aromatic carbocycles. The monoisotopic (exact) mass is 652 g/mol. The topological polar surface area (TPSA) is 79.1 Å². The predicted molar refractivity (Wildman–Crippen MR) is 189 cm³/mol. The second-order valence-corrected chi connectivity index (χ2v) is 12.2. The van der Waals surface area contributed by atoms with Gasteiger partial charge in [-0.1, -0.05) is 114 Å². The standard InChI is InChI=1S/C40H32N2O5S/c1-3-46-39(44)35-36(28-15-8-5-9-16-28)41-40-42(37(35)29-18-21-30(45-2)22-19-29)38(43)34(48-40)24-32-31-17-11-10-14-27(31)20-23-33(32)47-25-26-12-6-4-7-13-26/h4-24,37H,3,25H2,1-2H3/b34-24-/t37-/m0/s1. The van der Waals surface area contributed by atoms with E-state index in [9.17, 15) is 9.59 Å². The van der Waals surface area contributed by atoms with E-state index in [0.717, 1.165) is 33.0 Å². The van der Waals surface area contributed by atoms with Gasteiger partial charge in [-0.25, -0.2) is 9.79 Å². The van der Waals surface area contributed by atoms with E-state index in [1.54, 1.807) is 18.6 Å². The lowest BCUT2D eigenvalue weighted by molar-refractivity contribution is -0.138. The molecule has 1 aliphatic heterocycles. The second kappa shape index (κ2) is 13.6. The van der Waals surface area contributed by atoms with Crippen molar-refractivity contribution in [3.8, 4) is 11.5 Å². The van der Waals surface area contributed by atoms with Gasteiger partial charge in [0, 0.05) is 11.1 Å². The maximum Gasteiger partial charge on any atom is 0.338 e. The van der Waals surface area contributed by atoms with Crippen LogP contribution in [0.25, 0.3) is 22.5 Å². The fourth-order valence-corrected chi connectivity index (χ4v) is 6.94. The van der Waals surface area contributed by atoms with Gasteiger partial charge >= 0.3 is 5.97 Å². The predicted octanol–water partition coefficient (Wildman–Crippen LogP) is 6.68. The molecular weight excluding hydrogens is 621 g/mol. The molecule has 1 atom stereocenters. The molecule has 0 N–H and O–H groups in total. The number of benzene rings is 5. The average molecular weight is 653 g/mol. The largest absolute Gasteiger partial charge is 0.497 e. The molecule has 0 aliphatic carbocycles. The van der Waals surface area contributed by atoms with Gasteiger partial charge < -0.3 is 14.2 Å². The molecule has 2 heterocycles. The number of esters is 1. The summed E-state index contributed by atoms with van der Waals surface area (Å²) >= 11 is 1.28. The van der Waals surface area contributed by atoms with Gasteiger partial charge in [-0.05, 0) is 53.1 Å². The lowest BCUT2D eigenvalue weighted by Crippen LogP contribution is -2.40. The molecule has 0 unspecified atom stereocenters. The molecular formula is C40H32N2O5S. The molecule has 6 aromatic rings. The molecule has 7 nitrogen and oxygen atoms in total. The summed E-state index contributed by atoms with van der Waals surface area (Å²) in [5.41, 5.74) is 3.81. The summed E-state index contributed by atoms with van der Waals surface area (Å²) in [7, 11) is 1.60. The maximum atomic E-state index is 14.6. The second-order valence-electron chi connectivity index (χ2n) is 11.2. The number of carbonyl (C=O) groups is 1. The van der Waals surface area contributed by atoms with Crippen LogP contribution in [0.2, 0.25) is 0 Å². The first kappa shape index (κ1) is 30.9. The third kappa shape index (κ3) is 5.94. The Balaban J connectivity index is 1.46. The minimum Gasteiger partial charge on any atom is -0.497 e. The molecule has 0 radical (unpaired) electrons. The van der Waals surface area contributed by atoms with Crippen molar-refractivity contribution in [2.75, 3.05) is 13.7 Å². The zero-order valence-electron chi connectivity index (χ0n) is 26.5. The van der Waals surface area contributed by atoms with E-state index in [4.69, 9.17) is 19.2 Å². The highest BCUT2D eigenvalue weighted by atomic mass is 32.1. The van der Waals surface area contributed by atoms with Crippen LogP contribution in [-0.4, -0.2) is 24.3 Å². The van der Waals surface area contributed by atoms with Crippen molar-refractivity contribution in [2.45, 2.75) is 19.6 Å². The summed E-state index contributed by atoms with van der Waals surface area (Å²) in [5, 5.41) is 1.98. The number of hydrogen-bond acceptors (Lipinski definition) is 7. The molecule has 1 aliphatic rings. The molecule has 7 rings (SSSR count). The first-order chi connectivity index (χ1) is 23.6. The first-order valence-corrected chi connectivity index (χ1v) is 16.5. The van der Waals surface area contributed by atoms with Gasteiger partial charge in [-0.2, -0.15) is 0 Å². The van der Waals surface area contributed by atoms with Crippen molar-refractivity contribution < 1.29 is 19.0 Å². The van der Waals surface area contributed by atoms with E-state index in [-0.39, 0.29) is 12.2 Å². The summed E-state index contributed by atoms with van der Waals surface area (Å²) in [6.07, 6.45) is 1.88. The van der Waals surface area contributed by atoms with Gasteiger partial charge in [-0.3, -0.25) is 9.36 Å². The van der Waals surface area contributed by atoms with E-state index >= 15 is 0 Å². The van der Waals surface area contributed by atoms with Gasteiger partial charge in [0.1, 0.15) is 18.1 Å². The Labute approximate surface area is 281 Å². The smallest absolute Gasteiger partial charge is 0.338 e. The zero-order chi connectivity index (χ0) is 33.0. The van der Waals surface area contributed by atoms with Gasteiger partial charge in [0.05, 0.1) is 35.6 Å². The number of ether oxygens (including phenoxy) is 3. The lowest BCUT2D eigenvalue weighted by Gasteiger charge is -2.26. The van der Waals surface area contributed by atoms with Gasteiger partial charge in [0.25, 0.3) is 5.56 Å². The highest BCUT2D eigenvalue weighted by molar-refractivity contribution is 7.07. The number of aromatic nitrogens is 1. The fourth-order valence-electron chi connectivity index (χ4n) is 5.96. The number of carbonyl (C=O) groups excluding carboxylic acids is 1. The Hall–Kier alpha value is -5.73. The fraction of sp³-hybridized carbons (Fsp3) is 0.125. The highest BCUT2D eigenvalue weighted by Crippen LogP contribution is 2.36. The summed E-state index contributed by atoms with van der Waals surface area (Å²) in [5.74, 6) is 0.795. The molecule has 0 fully saturated rings. The van der Waals surface area contributed by atoms with Crippen molar-refractivity contribution >= 4 is 39.9 Å². The van der Waals surface area contributed by atoms with Crippen LogP contribution in [0.15, 0.2) is 137 Å². The molecule has 0 bridgehead atoms. The summed E-state index contributed by atoms with van der Waals surface area (Å²) in [6, 6.07) is 38.1. The van der Waals surface area contributed by atoms with Crippen LogP contribution in [0.5, 0.6) is 11.5 Å². The minimum atomic E-state index is -0.787. The van der Waals surface area contributed by atoms with E-state index in [1.807, 2.05) is 127 Å². The molecule has 8 heteroatoms. The molecule has 48 heavy (non-hydrogen) atoms. The molecule has 238 valence electrons. The van der Waals surface area contributed by atoms with Gasteiger partial charge in [-0.15, -0.1) is 0 Å². The SMILES string of the molecule is CCOC(=O)C1=C(c2ccccc2)N=c2s/c(=C\c3c(OCc4ccccc4)ccc4ccccc34)c(=O)n2[C@H]1c1ccc(OC)cc1. The number of rotatable bonds is 9. The zero-order valence-corrected chi connectivity index (χ0v) is 27.3. The van der Waals surface area contributed by atoms with E-state index in [0.29, 0.717) is 38.7 Å². The third-order valence-electron chi connectivity index (χ3n) is 8.25. The molecule has 1 aromatic heterocycles. The summed E-state index contributed by atoms with van der Waals surface area (Å²) in [4.78, 5) is 33.8. The first-order valence-electron chi connectivity index (χ1n) is 15.7. The lowest BCUT2D eigenvalue weighted by atomic mass is 9.93. The Morgan fingerprint density at radius 2 is 1.58 bits per heavy atom. The molecule has 0 saturated carbocycles. The Morgan fingerprint density at radius 3 is 2.31 bits per heavy atom. The highest BCUT2D eigenvalue weighted by Gasteiger charge is 2.35. The normalized spacial score (nSPS) is 14.4. The van der Waals surface area contributed by atoms with Crippen LogP contribution in [0.1, 0.15) is 35.2 Å². The van der Waals surface area contributed by atoms with Crippen LogP contribution in [-0.2, 0) is 16.1 Å². The van der Waals surface area contributed by atoms with Crippen LogP contribution in [0.3, 0.4) is 0 Å².